The number of thioether (sulfide) groups is 1. The van der Waals surface area contributed by atoms with Crippen LogP contribution in [0.15, 0.2) is 30.3 Å². The van der Waals surface area contributed by atoms with Crippen LogP contribution in [-0.2, 0) is 14.4 Å². The van der Waals surface area contributed by atoms with Crippen LogP contribution in [0, 0.1) is 11.8 Å². The van der Waals surface area contributed by atoms with E-state index in [-0.39, 0.29) is 35.1 Å². The van der Waals surface area contributed by atoms with Gasteiger partial charge in [-0.1, -0.05) is 37.5 Å². The average Bonchev–Trinajstić information content (AvgIpc) is 3.41. The second-order valence-electron chi connectivity index (χ2n) is 10.9. The van der Waals surface area contributed by atoms with E-state index in [1.54, 1.807) is 16.7 Å². The zero-order valence-electron chi connectivity index (χ0n) is 20.5. The zero-order chi connectivity index (χ0) is 24.6. The topological polar surface area (TPSA) is 98.7 Å². The van der Waals surface area contributed by atoms with Gasteiger partial charge in [-0.05, 0) is 57.6 Å². The number of nitrogens with one attached hydrogen (secondary N) is 2. The maximum atomic E-state index is 14.0. The maximum absolute atomic E-state index is 14.0. The lowest BCUT2D eigenvalue weighted by atomic mass is 9.66. The molecule has 1 saturated carbocycles. The van der Waals surface area contributed by atoms with E-state index in [2.05, 4.69) is 17.6 Å². The number of aliphatic hydroxyl groups excluding tert-OH is 1. The Kier molecular flexibility index (Phi) is 6.87. The van der Waals surface area contributed by atoms with Gasteiger partial charge in [0.15, 0.2) is 0 Å². The Hall–Kier alpha value is -2.06. The van der Waals surface area contributed by atoms with E-state index in [1.807, 2.05) is 30.3 Å². The largest absolute Gasteiger partial charge is 0.396 e. The van der Waals surface area contributed by atoms with Gasteiger partial charge in [-0.3, -0.25) is 14.4 Å². The maximum Gasteiger partial charge on any atom is 0.244 e. The highest BCUT2D eigenvalue weighted by Gasteiger charge is 2.77. The number of carbonyl (C=O) groups is 3. The summed E-state index contributed by atoms with van der Waals surface area (Å²) < 4.78 is -0.956. The third-order valence-corrected chi connectivity index (χ3v) is 10.6. The van der Waals surface area contributed by atoms with Crippen molar-refractivity contribution in [3.05, 3.63) is 30.3 Å². The highest BCUT2D eigenvalue weighted by molar-refractivity contribution is 8.02. The van der Waals surface area contributed by atoms with E-state index >= 15 is 0 Å². The van der Waals surface area contributed by atoms with E-state index in [0.29, 0.717) is 19.4 Å². The molecule has 3 amide bonds. The van der Waals surface area contributed by atoms with E-state index in [4.69, 9.17) is 0 Å². The second kappa shape index (κ2) is 9.77. The molecule has 2 bridgehead atoms. The Labute approximate surface area is 211 Å². The lowest BCUT2D eigenvalue weighted by molar-refractivity contribution is -0.139. The van der Waals surface area contributed by atoms with Crippen molar-refractivity contribution in [2.45, 2.75) is 86.3 Å². The van der Waals surface area contributed by atoms with Crippen molar-refractivity contribution in [1.82, 2.24) is 10.2 Å². The number of unbranched alkanes of at least 4 members (excludes halogenated alkanes) is 1. The Morgan fingerprint density at radius 2 is 1.83 bits per heavy atom. The first-order chi connectivity index (χ1) is 16.9. The van der Waals surface area contributed by atoms with Crippen LogP contribution in [0.1, 0.15) is 64.7 Å². The van der Waals surface area contributed by atoms with Gasteiger partial charge in [0.25, 0.3) is 0 Å². The summed E-state index contributed by atoms with van der Waals surface area (Å²) in [6, 6.07) is 8.97. The molecular formula is C27H37N3O4S. The summed E-state index contributed by atoms with van der Waals surface area (Å²) in [4.78, 5) is 43.2. The number of nitrogens with zero attached hydrogens (tertiary/aromatic N) is 1. The standard InChI is InChI=1S/C27H37N3O4S/c1-26-14-15-27(35-26)21(20(26)23(32)28-18-10-4-2-5-11-18)25(34)30(16-8-9-17-31)22(27)24(33)29-19-12-6-3-7-13-19/h2,4-5,10-11,19-22,31H,3,6-9,12-17H2,1H3,(H,28,32)(H,29,33)/t20-,21-,22?,26+,27?/m0/s1. The molecule has 1 aromatic rings. The zero-order valence-corrected chi connectivity index (χ0v) is 21.3. The van der Waals surface area contributed by atoms with Crippen LogP contribution in [-0.4, -0.2) is 62.5 Å². The predicted molar refractivity (Wildman–Crippen MR) is 137 cm³/mol. The number of carbonyl (C=O) groups excluding carboxylic acids is 3. The fourth-order valence-electron chi connectivity index (χ4n) is 7.03. The van der Waals surface area contributed by atoms with Crippen LogP contribution in [0.3, 0.4) is 0 Å². The number of rotatable bonds is 8. The third kappa shape index (κ3) is 4.26. The molecule has 8 heteroatoms. The van der Waals surface area contributed by atoms with Crippen molar-refractivity contribution in [3.63, 3.8) is 0 Å². The summed E-state index contributed by atoms with van der Waals surface area (Å²) in [6.45, 7) is 2.59. The van der Waals surface area contributed by atoms with Crippen molar-refractivity contribution >= 4 is 35.2 Å². The fourth-order valence-corrected chi connectivity index (χ4v) is 9.39. The molecule has 190 valence electrons. The van der Waals surface area contributed by atoms with Gasteiger partial charge >= 0.3 is 0 Å². The summed E-state index contributed by atoms with van der Waals surface area (Å²) in [7, 11) is 0. The molecule has 5 rings (SSSR count). The Morgan fingerprint density at radius 1 is 1.09 bits per heavy atom. The van der Waals surface area contributed by atoms with Gasteiger partial charge in [-0.2, -0.15) is 0 Å². The van der Waals surface area contributed by atoms with Crippen molar-refractivity contribution < 1.29 is 19.5 Å². The second-order valence-corrected chi connectivity index (χ2v) is 12.8. The van der Waals surface area contributed by atoms with Crippen LogP contribution in [0.4, 0.5) is 5.69 Å². The number of amides is 3. The number of hydrogen-bond acceptors (Lipinski definition) is 5. The molecule has 4 fully saturated rings. The molecule has 1 aromatic carbocycles. The van der Waals surface area contributed by atoms with E-state index in [1.165, 1.54) is 6.42 Å². The summed E-state index contributed by atoms with van der Waals surface area (Å²) >= 11 is 1.71. The molecule has 5 atom stereocenters. The minimum Gasteiger partial charge on any atom is -0.396 e. The van der Waals surface area contributed by atoms with Crippen LogP contribution >= 0.6 is 11.8 Å². The number of benzene rings is 1. The SMILES string of the molecule is C[C@]12CCC3(S1)C(C(=O)NC1CCCCC1)N(CCCCO)C(=O)[C@@H]3[C@H]2C(=O)Nc1ccccc1. The molecule has 2 unspecified atom stereocenters. The Morgan fingerprint density at radius 3 is 2.54 bits per heavy atom. The van der Waals surface area contributed by atoms with Gasteiger partial charge in [0, 0.05) is 29.6 Å². The average molecular weight is 500 g/mol. The summed E-state index contributed by atoms with van der Waals surface area (Å²) in [6.07, 6.45) is 8.22. The molecule has 4 aliphatic rings. The van der Waals surface area contributed by atoms with Crippen molar-refractivity contribution in [1.29, 1.82) is 0 Å². The van der Waals surface area contributed by atoms with Crippen molar-refractivity contribution in [3.8, 4) is 0 Å². The fraction of sp³-hybridized carbons (Fsp3) is 0.667. The third-order valence-electron chi connectivity index (χ3n) is 8.61. The van der Waals surface area contributed by atoms with Crippen molar-refractivity contribution in [2.24, 2.45) is 11.8 Å². The molecule has 35 heavy (non-hydrogen) atoms. The summed E-state index contributed by atoms with van der Waals surface area (Å²) in [5, 5.41) is 15.6. The van der Waals surface area contributed by atoms with Gasteiger partial charge in [0.2, 0.25) is 17.7 Å². The molecule has 1 aliphatic carbocycles. The molecule has 1 spiro atoms. The highest BCUT2D eigenvalue weighted by Crippen LogP contribution is 2.71. The lowest BCUT2D eigenvalue weighted by Gasteiger charge is -2.36. The first kappa shape index (κ1) is 24.6. The molecule has 3 N–H and O–H groups in total. The number of hydrogen-bond donors (Lipinski definition) is 3. The van der Waals surface area contributed by atoms with Gasteiger partial charge in [0.05, 0.1) is 16.6 Å². The lowest BCUT2D eigenvalue weighted by Crippen LogP contribution is -2.55. The summed E-state index contributed by atoms with van der Waals surface area (Å²) in [5.41, 5.74) is 0.722. The number of likely N-dealkylation sites (tertiary alicyclic amines) is 1. The van der Waals surface area contributed by atoms with E-state index in [9.17, 15) is 19.5 Å². The van der Waals surface area contributed by atoms with Gasteiger partial charge in [-0.25, -0.2) is 0 Å². The molecule has 0 aromatic heterocycles. The smallest absolute Gasteiger partial charge is 0.244 e. The number of anilines is 1. The van der Waals surface area contributed by atoms with Crippen LogP contribution in [0.25, 0.3) is 0 Å². The molecular weight excluding hydrogens is 462 g/mol. The highest BCUT2D eigenvalue weighted by atomic mass is 32.2. The van der Waals surface area contributed by atoms with Crippen LogP contribution < -0.4 is 10.6 Å². The van der Waals surface area contributed by atoms with Gasteiger partial charge in [-0.15, -0.1) is 11.8 Å². The van der Waals surface area contributed by atoms with E-state index in [0.717, 1.165) is 44.2 Å². The van der Waals surface area contributed by atoms with Crippen molar-refractivity contribution in [2.75, 3.05) is 18.5 Å². The Balaban J connectivity index is 1.45. The molecule has 3 aliphatic heterocycles. The van der Waals surface area contributed by atoms with E-state index < -0.39 is 22.6 Å². The predicted octanol–water partition coefficient (Wildman–Crippen LogP) is 3.33. The van der Waals surface area contributed by atoms with Crippen LogP contribution in [0.5, 0.6) is 0 Å². The number of fused-ring (bicyclic) bond motifs is 1. The minimum absolute atomic E-state index is 0.0578. The monoisotopic (exact) mass is 499 g/mol. The summed E-state index contributed by atoms with van der Waals surface area (Å²) in [5.74, 6) is -1.25. The van der Waals surface area contributed by atoms with Crippen LogP contribution in [0.2, 0.25) is 0 Å². The molecule has 7 nitrogen and oxygen atoms in total. The van der Waals surface area contributed by atoms with Gasteiger partial charge in [0.1, 0.15) is 6.04 Å². The first-order valence-electron chi connectivity index (χ1n) is 13.2. The first-order valence-corrected chi connectivity index (χ1v) is 14.0. The number of para-hydroxylation sites is 1. The number of aliphatic hydroxyl groups is 1. The molecule has 3 saturated heterocycles. The minimum atomic E-state index is -0.581. The molecule has 3 heterocycles. The quantitative estimate of drug-likeness (QED) is 0.477. The van der Waals surface area contributed by atoms with Gasteiger partial charge < -0.3 is 20.6 Å². The normalized spacial score (nSPS) is 34.2. The molecule has 0 radical (unpaired) electrons. The Bertz CT molecular complexity index is 968.